The molecule has 0 saturated heterocycles. The number of carboxylic acid groups (broad SMARTS) is 1. The molecule has 0 saturated carbocycles. The SMILES string of the molecule is O=C(O)c1cccc(Cn2ccc3ccc(-c4ccc5ccn(Cc6ccc(-c7ccccc7)cc6)c5c4)cc32)c1. The summed E-state index contributed by atoms with van der Waals surface area (Å²) in [6.45, 7) is 1.42. The lowest BCUT2D eigenvalue weighted by Gasteiger charge is -2.10. The topological polar surface area (TPSA) is 47.2 Å². The van der Waals surface area contributed by atoms with Crippen LogP contribution in [-0.2, 0) is 13.1 Å². The molecule has 0 fully saturated rings. The number of nitrogens with zero attached hydrogens (tertiary/aromatic N) is 2. The minimum absolute atomic E-state index is 0.308. The number of carbonyl (C=O) groups is 1. The van der Waals surface area contributed by atoms with Crippen molar-refractivity contribution in [2.75, 3.05) is 0 Å². The first-order valence-electron chi connectivity index (χ1n) is 13.8. The fourth-order valence-electron chi connectivity index (χ4n) is 5.63. The van der Waals surface area contributed by atoms with Gasteiger partial charge in [-0.2, -0.15) is 0 Å². The summed E-state index contributed by atoms with van der Waals surface area (Å²) >= 11 is 0. The Kier molecular flexibility index (Phi) is 6.21. The first-order valence-corrected chi connectivity index (χ1v) is 13.8. The molecular formula is C37H28N2O2. The van der Waals surface area contributed by atoms with Crippen LogP contribution in [-0.4, -0.2) is 20.2 Å². The number of aromatic carboxylic acids is 1. The fourth-order valence-corrected chi connectivity index (χ4v) is 5.63. The van der Waals surface area contributed by atoms with E-state index in [1.807, 2.05) is 12.1 Å². The average molecular weight is 533 g/mol. The predicted molar refractivity (Wildman–Crippen MR) is 166 cm³/mol. The minimum Gasteiger partial charge on any atom is -0.478 e. The number of carboxylic acids is 1. The zero-order valence-electron chi connectivity index (χ0n) is 22.4. The molecule has 0 aliphatic rings. The van der Waals surface area contributed by atoms with E-state index in [9.17, 15) is 9.90 Å². The highest BCUT2D eigenvalue weighted by atomic mass is 16.4. The van der Waals surface area contributed by atoms with E-state index in [1.54, 1.807) is 18.2 Å². The molecule has 0 aliphatic heterocycles. The lowest BCUT2D eigenvalue weighted by Crippen LogP contribution is -2.01. The van der Waals surface area contributed by atoms with E-state index in [-0.39, 0.29) is 0 Å². The van der Waals surface area contributed by atoms with E-state index in [0.717, 1.165) is 28.6 Å². The molecule has 7 aromatic rings. The van der Waals surface area contributed by atoms with Gasteiger partial charge in [0.1, 0.15) is 0 Å². The second-order valence-electron chi connectivity index (χ2n) is 10.5. The Balaban J connectivity index is 1.18. The maximum Gasteiger partial charge on any atom is 0.335 e. The Morgan fingerprint density at radius 1 is 0.512 bits per heavy atom. The number of benzene rings is 5. The van der Waals surface area contributed by atoms with Gasteiger partial charge in [-0.25, -0.2) is 4.79 Å². The Bertz CT molecular complexity index is 2010. The number of rotatable bonds is 7. The molecule has 1 N–H and O–H groups in total. The lowest BCUT2D eigenvalue weighted by atomic mass is 10.0. The van der Waals surface area contributed by atoms with Crippen molar-refractivity contribution in [3.63, 3.8) is 0 Å². The van der Waals surface area contributed by atoms with Crippen molar-refractivity contribution in [2.45, 2.75) is 13.1 Å². The van der Waals surface area contributed by atoms with E-state index < -0.39 is 5.97 Å². The Morgan fingerprint density at radius 2 is 1.07 bits per heavy atom. The third-order valence-corrected chi connectivity index (χ3v) is 7.82. The summed E-state index contributed by atoms with van der Waals surface area (Å²) in [4.78, 5) is 11.4. The zero-order valence-corrected chi connectivity index (χ0v) is 22.4. The van der Waals surface area contributed by atoms with Crippen molar-refractivity contribution in [2.24, 2.45) is 0 Å². The van der Waals surface area contributed by atoms with Crippen molar-refractivity contribution >= 4 is 27.8 Å². The van der Waals surface area contributed by atoms with Gasteiger partial charge in [-0.1, -0.05) is 91.0 Å². The van der Waals surface area contributed by atoms with Crippen LogP contribution in [0.25, 0.3) is 44.1 Å². The summed E-state index contributed by atoms with van der Waals surface area (Å²) in [6.07, 6.45) is 4.23. The van der Waals surface area contributed by atoms with Crippen LogP contribution in [0.5, 0.6) is 0 Å². The van der Waals surface area contributed by atoms with Crippen molar-refractivity contribution in [3.8, 4) is 22.3 Å². The number of hydrogen-bond acceptors (Lipinski definition) is 1. The quantitative estimate of drug-likeness (QED) is 0.223. The summed E-state index contributed by atoms with van der Waals surface area (Å²) in [5.74, 6) is -0.907. The van der Waals surface area contributed by atoms with Crippen molar-refractivity contribution in [1.82, 2.24) is 9.13 Å². The molecule has 198 valence electrons. The predicted octanol–water partition coefficient (Wildman–Crippen LogP) is 8.72. The summed E-state index contributed by atoms with van der Waals surface area (Å²) < 4.78 is 4.49. The van der Waals surface area contributed by atoms with E-state index in [4.69, 9.17) is 0 Å². The Hall–Kier alpha value is -5.35. The van der Waals surface area contributed by atoms with Gasteiger partial charge in [-0.05, 0) is 80.6 Å². The number of hydrogen-bond donors (Lipinski definition) is 1. The second kappa shape index (κ2) is 10.3. The van der Waals surface area contributed by atoms with Crippen LogP contribution < -0.4 is 0 Å². The van der Waals surface area contributed by atoms with Gasteiger partial charge in [-0.3, -0.25) is 0 Å². The molecule has 0 bridgehead atoms. The van der Waals surface area contributed by atoms with Crippen LogP contribution in [0.4, 0.5) is 0 Å². The molecule has 0 unspecified atom stereocenters. The average Bonchev–Trinajstić information content (AvgIpc) is 3.61. The van der Waals surface area contributed by atoms with Crippen LogP contribution in [0.1, 0.15) is 21.5 Å². The molecule has 0 spiro atoms. The van der Waals surface area contributed by atoms with Crippen LogP contribution in [0.3, 0.4) is 0 Å². The van der Waals surface area contributed by atoms with Gasteiger partial charge in [-0.15, -0.1) is 0 Å². The molecule has 41 heavy (non-hydrogen) atoms. The van der Waals surface area contributed by atoms with Crippen molar-refractivity contribution in [3.05, 3.63) is 156 Å². The summed E-state index contributed by atoms with van der Waals surface area (Å²) in [5.41, 5.74) is 9.63. The zero-order chi connectivity index (χ0) is 27.8. The molecule has 5 aromatic carbocycles. The smallest absolute Gasteiger partial charge is 0.335 e. The van der Waals surface area contributed by atoms with Crippen LogP contribution >= 0.6 is 0 Å². The largest absolute Gasteiger partial charge is 0.478 e. The molecule has 2 heterocycles. The monoisotopic (exact) mass is 532 g/mol. The number of fused-ring (bicyclic) bond motifs is 2. The highest BCUT2D eigenvalue weighted by Crippen LogP contribution is 2.30. The highest BCUT2D eigenvalue weighted by molar-refractivity contribution is 5.90. The molecule has 2 aromatic heterocycles. The van der Waals surface area contributed by atoms with Gasteiger partial charge in [0.15, 0.2) is 0 Å². The minimum atomic E-state index is -0.907. The maximum absolute atomic E-state index is 11.4. The van der Waals surface area contributed by atoms with E-state index in [2.05, 4.69) is 119 Å². The number of aromatic nitrogens is 2. The normalized spacial score (nSPS) is 11.3. The van der Waals surface area contributed by atoms with E-state index in [1.165, 1.54) is 33.2 Å². The Morgan fingerprint density at radius 3 is 1.68 bits per heavy atom. The molecule has 0 radical (unpaired) electrons. The molecule has 0 aliphatic carbocycles. The van der Waals surface area contributed by atoms with Gasteiger partial charge in [0, 0.05) is 36.5 Å². The van der Waals surface area contributed by atoms with Crippen molar-refractivity contribution in [1.29, 1.82) is 0 Å². The Labute approximate surface area is 238 Å². The third kappa shape index (κ3) is 4.92. The highest BCUT2D eigenvalue weighted by Gasteiger charge is 2.10. The molecule has 0 atom stereocenters. The van der Waals surface area contributed by atoms with Gasteiger partial charge >= 0.3 is 5.97 Å². The molecule has 4 nitrogen and oxygen atoms in total. The van der Waals surface area contributed by atoms with Gasteiger partial charge in [0.05, 0.1) is 5.56 Å². The first-order chi connectivity index (χ1) is 20.1. The fraction of sp³-hybridized carbons (Fsp3) is 0.0541. The van der Waals surface area contributed by atoms with Crippen LogP contribution in [0, 0.1) is 0 Å². The van der Waals surface area contributed by atoms with Crippen LogP contribution in [0.15, 0.2) is 140 Å². The van der Waals surface area contributed by atoms with Gasteiger partial charge in [0.2, 0.25) is 0 Å². The first kappa shape index (κ1) is 24.7. The van der Waals surface area contributed by atoms with E-state index in [0.29, 0.717) is 12.1 Å². The van der Waals surface area contributed by atoms with Crippen LogP contribution in [0.2, 0.25) is 0 Å². The second-order valence-corrected chi connectivity index (χ2v) is 10.5. The van der Waals surface area contributed by atoms with Crippen molar-refractivity contribution < 1.29 is 9.90 Å². The molecule has 4 heteroatoms. The maximum atomic E-state index is 11.4. The molecule has 0 amide bonds. The standard InChI is InChI=1S/C37H28N2O2/c40-37(41)34-8-4-5-27(21-34)25-39-20-18-31-14-16-33(23-36(31)39)32-15-13-30-17-19-38(35(30)22-32)24-26-9-11-29(12-10-26)28-6-2-1-3-7-28/h1-23H,24-25H2,(H,40,41). The molecular weight excluding hydrogens is 504 g/mol. The summed E-state index contributed by atoms with van der Waals surface area (Å²) in [7, 11) is 0. The lowest BCUT2D eigenvalue weighted by molar-refractivity contribution is 0.0696. The van der Waals surface area contributed by atoms with Gasteiger partial charge < -0.3 is 14.2 Å². The van der Waals surface area contributed by atoms with E-state index >= 15 is 0 Å². The third-order valence-electron chi connectivity index (χ3n) is 7.82. The molecule has 7 rings (SSSR count). The van der Waals surface area contributed by atoms with Gasteiger partial charge in [0.25, 0.3) is 0 Å². The summed E-state index contributed by atoms with van der Waals surface area (Å²) in [5, 5.41) is 11.8. The summed E-state index contributed by atoms with van der Waals surface area (Å²) in [6, 6.07) is 43.9.